The molecule has 4 heteroatoms. The van der Waals surface area contributed by atoms with Crippen LogP contribution in [-0.4, -0.2) is 21.7 Å². The average Bonchev–Trinajstić information content (AvgIpc) is 2.96. The minimum atomic E-state index is 0.00754. The van der Waals surface area contributed by atoms with E-state index in [1.54, 1.807) is 0 Å². The molecule has 1 atom stereocenters. The molecule has 0 saturated heterocycles. The Morgan fingerprint density at radius 1 is 1.27 bits per heavy atom. The lowest BCUT2D eigenvalue weighted by molar-refractivity contribution is 0.467. The molecule has 1 unspecified atom stereocenters. The number of aryl methyl sites for hydroxylation is 1. The van der Waals surface area contributed by atoms with Crippen LogP contribution in [0.25, 0.3) is 22.2 Å². The SMILES string of the molecule is CCC(C)(CN)c1cccc(-c2ccnc3[nH]nc(C)c23)c1. The Kier molecular flexibility index (Phi) is 3.71. The summed E-state index contributed by atoms with van der Waals surface area (Å²) in [6, 6.07) is 10.7. The molecule has 0 amide bonds. The van der Waals surface area contributed by atoms with Gasteiger partial charge in [0.05, 0.1) is 5.69 Å². The summed E-state index contributed by atoms with van der Waals surface area (Å²) in [5, 5.41) is 8.35. The van der Waals surface area contributed by atoms with E-state index in [0.717, 1.165) is 28.7 Å². The predicted octanol–water partition coefficient (Wildman–Crippen LogP) is 3.56. The van der Waals surface area contributed by atoms with Gasteiger partial charge in [-0.2, -0.15) is 5.10 Å². The van der Waals surface area contributed by atoms with Crippen molar-refractivity contribution in [3.05, 3.63) is 47.8 Å². The van der Waals surface area contributed by atoms with Crippen molar-refractivity contribution in [2.75, 3.05) is 6.54 Å². The van der Waals surface area contributed by atoms with Gasteiger partial charge in [0.2, 0.25) is 0 Å². The van der Waals surface area contributed by atoms with E-state index in [0.29, 0.717) is 6.54 Å². The zero-order valence-corrected chi connectivity index (χ0v) is 13.4. The number of nitrogens with one attached hydrogen (secondary N) is 1. The quantitative estimate of drug-likeness (QED) is 0.773. The molecule has 0 aliphatic rings. The second-order valence-electron chi connectivity index (χ2n) is 6.09. The van der Waals surface area contributed by atoms with Gasteiger partial charge >= 0.3 is 0 Å². The third-order valence-electron chi connectivity index (χ3n) is 4.74. The van der Waals surface area contributed by atoms with Crippen molar-refractivity contribution >= 4 is 11.0 Å². The Bertz CT molecular complexity index is 800. The lowest BCUT2D eigenvalue weighted by Gasteiger charge is -2.27. The molecule has 1 aromatic carbocycles. The van der Waals surface area contributed by atoms with Crippen LogP contribution in [-0.2, 0) is 5.41 Å². The number of hydrogen-bond acceptors (Lipinski definition) is 3. The lowest BCUT2D eigenvalue weighted by Crippen LogP contribution is -2.30. The Labute approximate surface area is 130 Å². The molecule has 114 valence electrons. The van der Waals surface area contributed by atoms with Crippen molar-refractivity contribution in [2.45, 2.75) is 32.6 Å². The number of aromatic nitrogens is 3. The number of pyridine rings is 1. The fourth-order valence-corrected chi connectivity index (χ4v) is 2.87. The van der Waals surface area contributed by atoms with Crippen LogP contribution in [0.1, 0.15) is 31.5 Å². The Balaban J connectivity index is 2.18. The molecule has 3 N–H and O–H groups in total. The summed E-state index contributed by atoms with van der Waals surface area (Å²) in [5.41, 5.74) is 11.4. The van der Waals surface area contributed by atoms with E-state index in [-0.39, 0.29) is 5.41 Å². The third-order valence-corrected chi connectivity index (χ3v) is 4.74. The molecule has 22 heavy (non-hydrogen) atoms. The van der Waals surface area contributed by atoms with Gasteiger partial charge in [-0.3, -0.25) is 5.10 Å². The van der Waals surface area contributed by atoms with Crippen LogP contribution < -0.4 is 5.73 Å². The summed E-state index contributed by atoms with van der Waals surface area (Å²) in [6.45, 7) is 7.05. The number of hydrogen-bond donors (Lipinski definition) is 2. The van der Waals surface area contributed by atoms with Crippen LogP contribution in [0.2, 0.25) is 0 Å². The number of nitrogens with two attached hydrogens (primary N) is 1. The van der Waals surface area contributed by atoms with E-state index in [1.165, 1.54) is 11.1 Å². The molecule has 3 aromatic rings. The topological polar surface area (TPSA) is 67.6 Å². The molecule has 0 aliphatic carbocycles. The van der Waals surface area contributed by atoms with Crippen LogP contribution in [0.3, 0.4) is 0 Å². The fourth-order valence-electron chi connectivity index (χ4n) is 2.87. The zero-order chi connectivity index (χ0) is 15.7. The van der Waals surface area contributed by atoms with Crippen molar-refractivity contribution in [3.8, 4) is 11.1 Å². The molecule has 0 aliphatic heterocycles. The summed E-state index contributed by atoms with van der Waals surface area (Å²) in [6.07, 6.45) is 2.84. The highest BCUT2D eigenvalue weighted by Gasteiger charge is 2.23. The highest BCUT2D eigenvalue weighted by atomic mass is 15.1. The number of aromatic amines is 1. The minimum absolute atomic E-state index is 0.00754. The van der Waals surface area contributed by atoms with Crippen LogP contribution in [0.5, 0.6) is 0 Å². The van der Waals surface area contributed by atoms with E-state index in [1.807, 2.05) is 13.1 Å². The van der Waals surface area contributed by atoms with Gasteiger partial charge < -0.3 is 5.73 Å². The van der Waals surface area contributed by atoms with E-state index in [9.17, 15) is 0 Å². The van der Waals surface area contributed by atoms with E-state index >= 15 is 0 Å². The van der Waals surface area contributed by atoms with Crippen LogP contribution in [0.4, 0.5) is 0 Å². The van der Waals surface area contributed by atoms with Crippen molar-refractivity contribution < 1.29 is 0 Å². The molecule has 2 heterocycles. The van der Waals surface area contributed by atoms with Crippen molar-refractivity contribution in [2.24, 2.45) is 5.73 Å². The Hall–Kier alpha value is -2.20. The van der Waals surface area contributed by atoms with Gasteiger partial charge in [-0.15, -0.1) is 0 Å². The summed E-state index contributed by atoms with van der Waals surface area (Å²) < 4.78 is 0. The van der Waals surface area contributed by atoms with E-state index in [4.69, 9.17) is 5.73 Å². The van der Waals surface area contributed by atoms with Crippen LogP contribution in [0.15, 0.2) is 36.5 Å². The second kappa shape index (κ2) is 5.54. The highest BCUT2D eigenvalue weighted by molar-refractivity contribution is 5.94. The summed E-state index contributed by atoms with van der Waals surface area (Å²) >= 11 is 0. The standard InChI is InChI=1S/C18H22N4/c1-4-18(3,11-19)14-7-5-6-13(10-14)15-8-9-20-17-16(15)12(2)21-22-17/h5-10H,4,11,19H2,1-3H3,(H,20,21,22). The minimum Gasteiger partial charge on any atom is -0.330 e. The molecule has 0 bridgehead atoms. The molecule has 0 radical (unpaired) electrons. The smallest absolute Gasteiger partial charge is 0.155 e. The highest BCUT2D eigenvalue weighted by Crippen LogP contribution is 2.33. The van der Waals surface area contributed by atoms with E-state index in [2.05, 4.69) is 59.4 Å². The third kappa shape index (κ3) is 2.29. The number of H-pyrrole nitrogens is 1. The molecule has 3 rings (SSSR count). The maximum absolute atomic E-state index is 6.01. The summed E-state index contributed by atoms with van der Waals surface area (Å²) in [4.78, 5) is 4.35. The van der Waals surface area contributed by atoms with Gasteiger partial charge in [-0.1, -0.05) is 38.1 Å². The summed E-state index contributed by atoms with van der Waals surface area (Å²) in [5.74, 6) is 0. The van der Waals surface area contributed by atoms with Gasteiger partial charge in [-0.25, -0.2) is 4.98 Å². The first kappa shape index (κ1) is 14.7. The van der Waals surface area contributed by atoms with Crippen molar-refractivity contribution in [1.29, 1.82) is 0 Å². The van der Waals surface area contributed by atoms with Crippen LogP contribution in [0, 0.1) is 6.92 Å². The molecule has 0 saturated carbocycles. The fraction of sp³-hybridized carbons (Fsp3) is 0.333. The van der Waals surface area contributed by atoms with Gasteiger partial charge in [0, 0.05) is 23.5 Å². The van der Waals surface area contributed by atoms with Gasteiger partial charge in [0.15, 0.2) is 5.65 Å². The predicted molar refractivity (Wildman–Crippen MR) is 90.8 cm³/mol. The number of rotatable bonds is 4. The van der Waals surface area contributed by atoms with Crippen LogP contribution >= 0.6 is 0 Å². The molecule has 0 spiro atoms. The van der Waals surface area contributed by atoms with Crippen molar-refractivity contribution in [1.82, 2.24) is 15.2 Å². The second-order valence-corrected chi connectivity index (χ2v) is 6.09. The molecule has 2 aromatic heterocycles. The average molecular weight is 294 g/mol. The van der Waals surface area contributed by atoms with E-state index < -0.39 is 0 Å². The normalized spacial score (nSPS) is 14.2. The maximum Gasteiger partial charge on any atom is 0.155 e. The maximum atomic E-state index is 6.01. The monoisotopic (exact) mass is 294 g/mol. The van der Waals surface area contributed by atoms with Crippen molar-refractivity contribution in [3.63, 3.8) is 0 Å². The number of fused-ring (bicyclic) bond motifs is 1. The first-order valence-electron chi connectivity index (χ1n) is 7.69. The van der Waals surface area contributed by atoms with Gasteiger partial charge in [-0.05, 0) is 36.1 Å². The van der Waals surface area contributed by atoms with Gasteiger partial charge in [0.1, 0.15) is 0 Å². The van der Waals surface area contributed by atoms with Gasteiger partial charge in [0.25, 0.3) is 0 Å². The Morgan fingerprint density at radius 3 is 2.82 bits per heavy atom. The molecular formula is C18H22N4. The first-order valence-corrected chi connectivity index (χ1v) is 7.69. The summed E-state index contributed by atoms with van der Waals surface area (Å²) in [7, 11) is 0. The molecular weight excluding hydrogens is 272 g/mol. The first-order chi connectivity index (χ1) is 10.6. The molecule has 0 fully saturated rings. The number of nitrogens with zero attached hydrogens (tertiary/aromatic N) is 2. The lowest BCUT2D eigenvalue weighted by atomic mass is 9.79. The number of benzene rings is 1. The largest absolute Gasteiger partial charge is 0.330 e. The zero-order valence-electron chi connectivity index (χ0n) is 13.4. The molecule has 4 nitrogen and oxygen atoms in total. The Morgan fingerprint density at radius 2 is 2.09 bits per heavy atom.